The van der Waals surface area contributed by atoms with Crippen molar-refractivity contribution in [3.63, 3.8) is 0 Å². The van der Waals surface area contributed by atoms with Gasteiger partial charge in [-0.15, -0.1) is 5.10 Å². The zero-order valence-electron chi connectivity index (χ0n) is 11.8. The largest absolute Gasteiger partial charge is 0.497 e. The van der Waals surface area contributed by atoms with Crippen LogP contribution in [0.15, 0.2) is 36.4 Å². The molecule has 3 rings (SSSR count). The maximum Gasteiger partial charge on any atom is 0.180 e. The van der Waals surface area contributed by atoms with Gasteiger partial charge >= 0.3 is 0 Å². The number of tetrazole rings is 1. The maximum atomic E-state index is 5.89. The molecule has 0 spiro atoms. The average Bonchev–Trinajstić information content (AvgIpc) is 3.01. The summed E-state index contributed by atoms with van der Waals surface area (Å²) in [4.78, 5) is 0. The predicted octanol–water partition coefficient (Wildman–Crippen LogP) is 2.43. The van der Waals surface area contributed by atoms with Gasteiger partial charge in [-0.3, -0.25) is 0 Å². The van der Waals surface area contributed by atoms with E-state index in [-0.39, 0.29) is 0 Å². The SMILES string of the molecule is COc1ccc(-c2ccc(N)cc2-c2nnn[nH]2)c(C)c1. The maximum absolute atomic E-state index is 5.89. The molecule has 1 aromatic heterocycles. The molecule has 0 unspecified atom stereocenters. The Balaban J connectivity index is 2.19. The van der Waals surface area contributed by atoms with E-state index in [1.165, 1.54) is 0 Å². The number of nitrogens with one attached hydrogen (secondary N) is 1. The standard InChI is InChI=1S/C15H15N5O/c1-9-7-11(21-2)4-6-12(9)13-5-3-10(16)8-14(13)15-17-19-20-18-15/h3-8H,16H2,1-2H3,(H,17,18,19,20). The van der Waals surface area contributed by atoms with Crippen molar-refractivity contribution in [3.05, 3.63) is 42.0 Å². The summed E-state index contributed by atoms with van der Waals surface area (Å²) in [5.41, 5.74) is 10.6. The summed E-state index contributed by atoms with van der Waals surface area (Å²) in [6.45, 7) is 2.04. The quantitative estimate of drug-likeness (QED) is 0.720. The first-order chi connectivity index (χ1) is 10.2. The molecular formula is C15H15N5O. The van der Waals surface area contributed by atoms with Crippen molar-refractivity contribution < 1.29 is 4.74 Å². The lowest BCUT2D eigenvalue weighted by Gasteiger charge is -2.12. The van der Waals surface area contributed by atoms with Gasteiger partial charge in [0.1, 0.15) is 5.75 Å². The van der Waals surface area contributed by atoms with Crippen molar-refractivity contribution >= 4 is 5.69 Å². The average molecular weight is 281 g/mol. The van der Waals surface area contributed by atoms with Crippen LogP contribution in [-0.4, -0.2) is 27.7 Å². The van der Waals surface area contributed by atoms with Gasteiger partial charge in [0, 0.05) is 11.3 Å². The molecule has 0 radical (unpaired) electrons. The van der Waals surface area contributed by atoms with Gasteiger partial charge in [0.05, 0.1) is 7.11 Å². The first-order valence-corrected chi connectivity index (χ1v) is 6.47. The van der Waals surface area contributed by atoms with E-state index in [0.717, 1.165) is 28.0 Å². The third-order valence-electron chi connectivity index (χ3n) is 3.37. The molecular weight excluding hydrogens is 266 g/mol. The Morgan fingerprint density at radius 3 is 2.52 bits per heavy atom. The fourth-order valence-electron chi connectivity index (χ4n) is 2.33. The summed E-state index contributed by atoms with van der Waals surface area (Å²) >= 11 is 0. The predicted molar refractivity (Wildman–Crippen MR) is 80.8 cm³/mol. The highest BCUT2D eigenvalue weighted by Gasteiger charge is 2.13. The molecule has 6 heteroatoms. The molecule has 0 saturated carbocycles. The second-order valence-electron chi connectivity index (χ2n) is 4.74. The van der Waals surface area contributed by atoms with Crippen LogP contribution in [0.4, 0.5) is 5.69 Å². The molecule has 0 aliphatic carbocycles. The van der Waals surface area contributed by atoms with Crippen LogP contribution < -0.4 is 10.5 Å². The molecule has 0 bridgehead atoms. The van der Waals surface area contributed by atoms with Crippen molar-refractivity contribution in [3.8, 4) is 28.3 Å². The number of benzene rings is 2. The van der Waals surface area contributed by atoms with Crippen LogP contribution in [0, 0.1) is 6.92 Å². The highest BCUT2D eigenvalue weighted by atomic mass is 16.5. The molecule has 6 nitrogen and oxygen atoms in total. The van der Waals surface area contributed by atoms with Crippen LogP contribution in [0.5, 0.6) is 5.75 Å². The van der Waals surface area contributed by atoms with Crippen molar-refractivity contribution in [2.75, 3.05) is 12.8 Å². The van der Waals surface area contributed by atoms with E-state index in [9.17, 15) is 0 Å². The zero-order chi connectivity index (χ0) is 14.8. The van der Waals surface area contributed by atoms with Gasteiger partial charge in [-0.05, 0) is 58.3 Å². The van der Waals surface area contributed by atoms with Crippen LogP contribution in [-0.2, 0) is 0 Å². The summed E-state index contributed by atoms with van der Waals surface area (Å²) in [5, 5.41) is 14.0. The van der Waals surface area contributed by atoms with Crippen LogP contribution in [0.2, 0.25) is 0 Å². The second-order valence-corrected chi connectivity index (χ2v) is 4.74. The van der Waals surface area contributed by atoms with Gasteiger partial charge in [-0.25, -0.2) is 5.10 Å². The van der Waals surface area contributed by atoms with Crippen LogP contribution in [0.3, 0.4) is 0 Å². The number of hydrogen-bond acceptors (Lipinski definition) is 5. The Kier molecular flexibility index (Phi) is 3.27. The number of nitrogen functional groups attached to an aromatic ring is 1. The number of rotatable bonds is 3. The number of nitrogens with two attached hydrogens (primary N) is 1. The van der Waals surface area contributed by atoms with E-state index in [1.54, 1.807) is 7.11 Å². The summed E-state index contributed by atoms with van der Waals surface area (Å²) in [6, 6.07) is 11.7. The van der Waals surface area contributed by atoms with Crippen molar-refractivity contribution in [1.82, 2.24) is 20.6 Å². The number of H-pyrrole nitrogens is 1. The number of aromatic nitrogens is 4. The Labute approximate surface area is 122 Å². The van der Waals surface area contributed by atoms with Gasteiger partial charge in [0.2, 0.25) is 0 Å². The number of anilines is 1. The summed E-state index contributed by atoms with van der Waals surface area (Å²) < 4.78 is 5.25. The topological polar surface area (TPSA) is 89.7 Å². The Hall–Kier alpha value is -2.89. The lowest BCUT2D eigenvalue weighted by atomic mass is 9.95. The van der Waals surface area contributed by atoms with E-state index < -0.39 is 0 Å². The molecule has 1 heterocycles. The lowest BCUT2D eigenvalue weighted by Crippen LogP contribution is -1.93. The van der Waals surface area contributed by atoms with E-state index in [4.69, 9.17) is 10.5 Å². The summed E-state index contributed by atoms with van der Waals surface area (Å²) in [7, 11) is 1.66. The second kappa shape index (κ2) is 5.24. The minimum atomic E-state index is 0.590. The van der Waals surface area contributed by atoms with Gasteiger partial charge in [-0.1, -0.05) is 12.1 Å². The fraction of sp³-hybridized carbons (Fsp3) is 0.133. The number of nitrogens with zero attached hydrogens (tertiary/aromatic N) is 3. The minimum Gasteiger partial charge on any atom is -0.497 e. The van der Waals surface area contributed by atoms with Crippen LogP contribution in [0.25, 0.3) is 22.5 Å². The summed E-state index contributed by atoms with van der Waals surface area (Å²) in [5.74, 6) is 1.42. The number of methoxy groups -OCH3 is 1. The van der Waals surface area contributed by atoms with E-state index in [0.29, 0.717) is 11.5 Å². The molecule has 0 aliphatic heterocycles. The van der Waals surface area contributed by atoms with Gasteiger partial charge in [0.25, 0.3) is 0 Å². The highest BCUT2D eigenvalue weighted by Crippen LogP contribution is 2.34. The monoisotopic (exact) mass is 281 g/mol. The molecule has 2 aromatic carbocycles. The van der Waals surface area contributed by atoms with Crippen molar-refractivity contribution in [1.29, 1.82) is 0 Å². The molecule has 0 fully saturated rings. The van der Waals surface area contributed by atoms with E-state index in [1.807, 2.05) is 43.3 Å². The van der Waals surface area contributed by atoms with E-state index >= 15 is 0 Å². The Morgan fingerprint density at radius 1 is 1.05 bits per heavy atom. The molecule has 0 saturated heterocycles. The van der Waals surface area contributed by atoms with Crippen LogP contribution in [0.1, 0.15) is 5.56 Å². The van der Waals surface area contributed by atoms with Gasteiger partial charge in [0.15, 0.2) is 5.82 Å². The van der Waals surface area contributed by atoms with E-state index in [2.05, 4.69) is 20.6 Å². The van der Waals surface area contributed by atoms with Gasteiger partial charge < -0.3 is 10.5 Å². The van der Waals surface area contributed by atoms with Crippen LogP contribution >= 0.6 is 0 Å². The molecule has 21 heavy (non-hydrogen) atoms. The smallest absolute Gasteiger partial charge is 0.180 e. The molecule has 3 N–H and O–H groups in total. The number of hydrogen-bond donors (Lipinski definition) is 2. The lowest BCUT2D eigenvalue weighted by molar-refractivity contribution is 0.414. The normalized spacial score (nSPS) is 10.6. The minimum absolute atomic E-state index is 0.590. The zero-order valence-corrected chi connectivity index (χ0v) is 11.8. The number of ether oxygens (including phenoxy) is 1. The molecule has 0 atom stereocenters. The fourth-order valence-corrected chi connectivity index (χ4v) is 2.33. The Morgan fingerprint density at radius 2 is 1.86 bits per heavy atom. The van der Waals surface area contributed by atoms with Gasteiger partial charge in [-0.2, -0.15) is 0 Å². The first-order valence-electron chi connectivity index (χ1n) is 6.47. The highest BCUT2D eigenvalue weighted by molar-refractivity contribution is 5.84. The first kappa shape index (κ1) is 13.1. The number of aromatic amines is 1. The third kappa shape index (κ3) is 2.43. The van der Waals surface area contributed by atoms with Crippen molar-refractivity contribution in [2.24, 2.45) is 0 Å². The molecule has 3 aromatic rings. The molecule has 0 aliphatic rings. The summed E-state index contributed by atoms with van der Waals surface area (Å²) in [6.07, 6.45) is 0. The molecule has 0 amide bonds. The molecule has 106 valence electrons. The number of aryl methyl sites for hydroxylation is 1. The Bertz CT molecular complexity index is 768. The third-order valence-corrected chi connectivity index (χ3v) is 3.37. The van der Waals surface area contributed by atoms with Crippen molar-refractivity contribution in [2.45, 2.75) is 6.92 Å².